The van der Waals surface area contributed by atoms with E-state index in [1.807, 2.05) is 0 Å². The van der Waals surface area contributed by atoms with Crippen molar-refractivity contribution in [1.29, 1.82) is 0 Å². The van der Waals surface area contributed by atoms with Crippen LogP contribution in [-0.4, -0.2) is 170 Å². The molecule has 29 nitrogen and oxygen atoms in total. The second-order valence-electron chi connectivity index (χ2n) is 17.6. The SMILES string of the molecule is CC(C)[C@H](N)C(=O)N[C@@H](CO)C(=O)N[C@@H](CCC(N)=O)C(=O)N[C@@H](CC(N)=O)C(=O)N[C@@H](Cc1ccc(O)cc1)C(=O)N1CCC[C@H]1C(=O)N[C@@H](CCC(=O)O)C(=O)N[C@@H](C)C(=O)N[C@@H](CCC(N)=O)C(=O)O. The molecule has 0 bridgehead atoms. The summed E-state index contributed by atoms with van der Waals surface area (Å²) >= 11 is 0. The van der Waals surface area contributed by atoms with Gasteiger partial charge in [-0.05, 0) is 62.6 Å². The average molecular weight is 1040 g/mol. The highest BCUT2D eigenvalue weighted by atomic mass is 16.4. The number of nitrogens with two attached hydrogens (primary N) is 4. The van der Waals surface area contributed by atoms with Crippen LogP contribution in [0.25, 0.3) is 0 Å². The molecule has 1 aromatic carbocycles. The van der Waals surface area contributed by atoms with E-state index in [0.29, 0.717) is 5.56 Å². The Labute approximate surface area is 418 Å². The van der Waals surface area contributed by atoms with Gasteiger partial charge in [-0.2, -0.15) is 0 Å². The summed E-state index contributed by atoms with van der Waals surface area (Å²) < 4.78 is 0. The van der Waals surface area contributed by atoms with Crippen LogP contribution in [0.15, 0.2) is 24.3 Å². The number of phenols is 1. The molecule has 0 aliphatic carbocycles. The predicted octanol–water partition coefficient (Wildman–Crippen LogP) is -6.33. The summed E-state index contributed by atoms with van der Waals surface area (Å²) in [6.45, 7) is 3.35. The van der Waals surface area contributed by atoms with Gasteiger partial charge in [0, 0.05) is 32.2 Å². The minimum atomic E-state index is -1.88. The summed E-state index contributed by atoms with van der Waals surface area (Å²) in [6.07, 6.45) is -4.03. The number of phenolic OH excluding ortho intramolecular Hbond substituents is 1. The number of carboxylic acids is 2. The molecule has 0 spiro atoms. The first kappa shape index (κ1) is 61.2. The number of aliphatic carboxylic acids is 2. The molecule has 29 heteroatoms. The van der Waals surface area contributed by atoms with Gasteiger partial charge in [0.1, 0.15) is 54.1 Å². The van der Waals surface area contributed by atoms with Crippen molar-refractivity contribution < 1.29 is 82.8 Å². The fourth-order valence-corrected chi connectivity index (χ4v) is 7.14. The Bertz CT molecular complexity index is 2210. The van der Waals surface area contributed by atoms with Crippen molar-refractivity contribution in [3.05, 3.63) is 29.8 Å². The molecule has 404 valence electrons. The number of aliphatic hydroxyl groups excluding tert-OH is 1. The van der Waals surface area contributed by atoms with Crippen molar-refractivity contribution in [3.8, 4) is 5.75 Å². The molecule has 2 rings (SSSR count). The molecule has 1 aliphatic rings. The topological polar surface area (TPSA) is 494 Å². The number of primary amides is 3. The van der Waals surface area contributed by atoms with E-state index in [1.54, 1.807) is 13.8 Å². The normalized spacial score (nSPS) is 16.4. The average Bonchev–Trinajstić information content (AvgIpc) is 3.81. The van der Waals surface area contributed by atoms with E-state index in [0.717, 1.165) is 4.90 Å². The van der Waals surface area contributed by atoms with Gasteiger partial charge < -0.3 is 85.5 Å². The Morgan fingerprint density at radius 1 is 0.603 bits per heavy atom. The Kier molecular flexibility index (Phi) is 24.6. The molecule has 1 aromatic rings. The van der Waals surface area contributed by atoms with E-state index in [9.17, 15) is 82.8 Å². The van der Waals surface area contributed by atoms with Crippen LogP contribution < -0.4 is 60.2 Å². The van der Waals surface area contributed by atoms with Gasteiger partial charge in [0.05, 0.1) is 19.1 Å². The van der Waals surface area contributed by atoms with Crippen molar-refractivity contribution in [3.63, 3.8) is 0 Å². The lowest BCUT2D eigenvalue weighted by atomic mass is 10.0. The second kappa shape index (κ2) is 29.4. The van der Waals surface area contributed by atoms with Crippen molar-refractivity contribution in [2.24, 2.45) is 28.9 Å². The zero-order valence-corrected chi connectivity index (χ0v) is 40.4. The molecule has 11 amide bonds. The van der Waals surface area contributed by atoms with Crippen molar-refractivity contribution in [2.75, 3.05) is 13.2 Å². The maximum absolute atomic E-state index is 14.5. The highest BCUT2D eigenvalue weighted by molar-refractivity contribution is 5.99. The number of carbonyl (C=O) groups excluding carboxylic acids is 11. The molecule has 19 N–H and O–H groups in total. The van der Waals surface area contributed by atoms with Gasteiger partial charge in [-0.25, -0.2) is 4.79 Å². The number of nitrogens with zero attached hydrogens (tertiary/aromatic N) is 1. The lowest BCUT2D eigenvalue weighted by molar-refractivity contribution is -0.143. The zero-order chi connectivity index (χ0) is 55.3. The van der Waals surface area contributed by atoms with E-state index < -0.39 is 176 Å². The van der Waals surface area contributed by atoms with E-state index in [4.69, 9.17) is 22.9 Å². The number of hydrogen-bond donors (Lipinski definition) is 15. The van der Waals surface area contributed by atoms with Crippen LogP contribution in [0.2, 0.25) is 0 Å². The molecule has 1 saturated heterocycles. The van der Waals surface area contributed by atoms with Gasteiger partial charge >= 0.3 is 11.9 Å². The fraction of sp³-hybridized carbons (Fsp3) is 0.568. The number of nitrogens with one attached hydrogen (secondary N) is 7. The number of likely N-dealkylation sites (tertiary alicyclic amines) is 1. The van der Waals surface area contributed by atoms with Crippen LogP contribution >= 0.6 is 0 Å². The first-order valence-electron chi connectivity index (χ1n) is 23.0. The molecule has 1 heterocycles. The largest absolute Gasteiger partial charge is 0.508 e. The van der Waals surface area contributed by atoms with E-state index in [1.165, 1.54) is 31.2 Å². The molecule has 0 radical (unpaired) electrons. The van der Waals surface area contributed by atoms with Crippen molar-refractivity contribution in [2.45, 2.75) is 139 Å². The third-order valence-corrected chi connectivity index (χ3v) is 11.3. The summed E-state index contributed by atoms with van der Waals surface area (Å²) in [7, 11) is 0. The third kappa shape index (κ3) is 20.7. The lowest BCUT2D eigenvalue weighted by Crippen LogP contribution is -2.61. The number of carbonyl (C=O) groups is 13. The smallest absolute Gasteiger partial charge is 0.326 e. The number of carboxylic acid groups (broad SMARTS) is 2. The van der Waals surface area contributed by atoms with Gasteiger partial charge in [-0.3, -0.25) is 57.5 Å². The Hall–Kier alpha value is -7.95. The zero-order valence-electron chi connectivity index (χ0n) is 40.4. The minimum Gasteiger partial charge on any atom is -0.508 e. The number of hydrogen-bond acceptors (Lipinski definition) is 16. The van der Waals surface area contributed by atoms with Gasteiger partial charge in [-0.15, -0.1) is 0 Å². The van der Waals surface area contributed by atoms with Crippen LogP contribution in [0.3, 0.4) is 0 Å². The van der Waals surface area contributed by atoms with Crippen LogP contribution in [-0.2, 0) is 68.7 Å². The van der Waals surface area contributed by atoms with Crippen molar-refractivity contribution >= 4 is 76.9 Å². The van der Waals surface area contributed by atoms with Crippen LogP contribution in [0.4, 0.5) is 0 Å². The second-order valence-corrected chi connectivity index (χ2v) is 17.6. The van der Waals surface area contributed by atoms with E-state index in [-0.39, 0.29) is 43.9 Å². The Balaban J connectivity index is 2.43. The lowest BCUT2D eigenvalue weighted by Gasteiger charge is -2.31. The predicted molar refractivity (Wildman–Crippen MR) is 251 cm³/mol. The summed E-state index contributed by atoms with van der Waals surface area (Å²) in [4.78, 5) is 168. The molecular formula is C44H66N12O17. The first-order chi connectivity index (χ1) is 34.1. The van der Waals surface area contributed by atoms with Crippen LogP contribution in [0.1, 0.15) is 84.1 Å². The quantitative estimate of drug-likeness (QED) is 0.0329. The summed E-state index contributed by atoms with van der Waals surface area (Å²) in [5.74, 6) is -14.6. The monoisotopic (exact) mass is 1030 g/mol. The highest BCUT2D eigenvalue weighted by Gasteiger charge is 2.41. The summed E-state index contributed by atoms with van der Waals surface area (Å²) in [5.41, 5.74) is 22.0. The number of aliphatic hydroxyl groups is 1. The molecule has 73 heavy (non-hydrogen) atoms. The maximum atomic E-state index is 14.5. The molecule has 0 saturated carbocycles. The summed E-state index contributed by atoms with van der Waals surface area (Å²) in [5, 5.41) is 54.7. The standard InChI is InChI=1S/C44H66N12O17/c1-20(2)35(48)42(70)55-29(19-57)40(68)50-24(10-13-31(45)59)38(66)53-27(18-33(47)61)39(67)54-28(17-22-6-8-23(58)9-7-22)43(71)56-16-4-5-30(56)41(69)51-25(12-15-34(62)63)37(65)49-21(3)36(64)52-26(44(72)73)11-14-32(46)60/h6-9,20-21,24-30,35,57-58H,4-5,10-19,48H2,1-3H3,(H2,45,59)(H2,46,60)(H2,47,61)(H,49,65)(H,50,68)(H,51,69)(H,52,64)(H,53,66)(H,54,67)(H,55,70)(H,62,63)(H,72,73)/t21-,24-,25-,26-,27-,28-,29-,30-,35-/m0/s1. The number of amides is 11. The van der Waals surface area contributed by atoms with Crippen LogP contribution in [0, 0.1) is 5.92 Å². The molecule has 1 fully saturated rings. The third-order valence-electron chi connectivity index (χ3n) is 11.3. The van der Waals surface area contributed by atoms with Crippen LogP contribution in [0.5, 0.6) is 5.75 Å². The van der Waals surface area contributed by atoms with Gasteiger partial charge in [0.15, 0.2) is 0 Å². The number of rotatable bonds is 31. The maximum Gasteiger partial charge on any atom is 0.326 e. The Morgan fingerprint density at radius 2 is 1.08 bits per heavy atom. The molecular weight excluding hydrogens is 969 g/mol. The molecule has 0 aromatic heterocycles. The number of benzene rings is 1. The first-order valence-corrected chi connectivity index (χ1v) is 23.0. The van der Waals surface area contributed by atoms with E-state index in [2.05, 4.69) is 37.2 Å². The highest BCUT2D eigenvalue weighted by Crippen LogP contribution is 2.21. The van der Waals surface area contributed by atoms with Gasteiger partial charge in [0.2, 0.25) is 65.0 Å². The van der Waals surface area contributed by atoms with E-state index >= 15 is 0 Å². The van der Waals surface area contributed by atoms with Gasteiger partial charge in [0.25, 0.3) is 0 Å². The molecule has 0 unspecified atom stereocenters. The number of aromatic hydroxyl groups is 1. The fourth-order valence-electron chi connectivity index (χ4n) is 7.14. The van der Waals surface area contributed by atoms with Crippen molar-refractivity contribution in [1.82, 2.24) is 42.1 Å². The molecule has 1 aliphatic heterocycles. The molecule has 9 atom stereocenters. The minimum absolute atomic E-state index is 0.0183. The Morgan fingerprint density at radius 3 is 1.62 bits per heavy atom. The summed E-state index contributed by atoms with van der Waals surface area (Å²) in [6, 6.07) is -8.62. The van der Waals surface area contributed by atoms with Gasteiger partial charge in [-0.1, -0.05) is 26.0 Å².